The van der Waals surface area contributed by atoms with Crippen LogP contribution in [0.5, 0.6) is 0 Å². The van der Waals surface area contributed by atoms with Gasteiger partial charge in [0, 0.05) is 18.8 Å². The molecule has 0 atom stereocenters. The van der Waals surface area contributed by atoms with Gasteiger partial charge in [-0.15, -0.1) is 0 Å². The second kappa shape index (κ2) is 6.56. The SMILES string of the molecule is CCOC(=O)C1CCN(C(=O)c2cc(F)ccc2N)CC1. The fraction of sp³-hybridized carbons (Fsp3) is 0.467. The summed E-state index contributed by atoms with van der Waals surface area (Å²) in [5, 5.41) is 0. The number of benzene rings is 1. The zero-order chi connectivity index (χ0) is 15.4. The lowest BCUT2D eigenvalue weighted by Gasteiger charge is -2.31. The minimum atomic E-state index is -0.492. The summed E-state index contributed by atoms with van der Waals surface area (Å²) in [6, 6.07) is 3.75. The average Bonchev–Trinajstić information content (AvgIpc) is 2.49. The van der Waals surface area contributed by atoms with Crippen molar-refractivity contribution in [3.8, 4) is 0 Å². The minimum absolute atomic E-state index is 0.168. The number of hydrogen-bond donors (Lipinski definition) is 1. The predicted octanol–water partition coefficient (Wildman–Crippen LogP) is 1.82. The lowest BCUT2D eigenvalue weighted by molar-refractivity contribution is -0.149. The van der Waals surface area contributed by atoms with Gasteiger partial charge in [-0.05, 0) is 38.0 Å². The Morgan fingerprint density at radius 1 is 1.38 bits per heavy atom. The molecule has 0 radical (unpaired) electrons. The van der Waals surface area contributed by atoms with E-state index < -0.39 is 5.82 Å². The van der Waals surface area contributed by atoms with Gasteiger partial charge in [-0.3, -0.25) is 9.59 Å². The molecule has 1 aromatic carbocycles. The summed E-state index contributed by atoms with van der Waals surface area (Å²) >= 11 is 0. The molecular weight excluding hydrogens is 275 g/mol. The fourth-order valence-corrected chi connectivity index (χ4v) is 2.46. The lowest BCUT2D eigenvalue weighted by Crippen LogP contribution is -2.40. The van der Waals surface area contributed by atoms with E-state index in [1.165, 1.54) is 12.1 Å². The molecule has 0 unspecified atom stereocenters. The molecule has 1 saturated heterocycles. The number of likely N-dealkylation sites (tertiary alicyclic amines) is 1. The molecule has 0 saturated carbocycles. The third-order valence-electron chi connectivity index (χ3n) is 3.65. The van der Waals surface area contributed by atoms with E-state index in [0.717, 1.165) is 6.07 Å². The van der Waals surface area contributed by atoms with Gasteiger partial charge in [-0.1, -0.05) is 0 Å². The Labute approximate surface area is 122 Å². The second-order valence-corrected chi connectivity index (χ2v) is 5.05. The summed E-state index contributed by atoms with van der Waals surface area (Å²) in [5.41, 5.74) is 6.15. The van der Waals surface area contributed by atoms with Gasteiger partial charge in [0.25, 0.3) is 5.91 Å². The molecule has 0 aliphatic carbocycles. The number of rotatable bonds is 3. The third-order valence-corrected chi connectivity index (χ3v) is 3.65. The summed E-state index contributed by atoms with van der Waals surface area (Å²) in [4.78, 5) is 25.6. The molecule has 0 spiro atoms. The lowest BCUT2D eigenvalue weighted by atomic mass is 9.96. The average molecular weight is 294 g/mol. The standard InChI is InChI=1S/C15H19FN2O3/c1-2-21-15(20)10-5-7-18(8-6-10)14(19)12-9-11(16)3-4-13(12)17/h3-4,9-10H,2,5-8,17H2,1H3. The van der Waals surface area contributed by atoms with Crippen LogP contribution in [0.2, 0.25) is 0 Å². The monoisotopic (exact) mass is 294 g/mol. The number of anilines is 1. The van der Waals surface area contributed by atoms with Gasteiger partial charge in [0.05, 0.1) is 18.1 Å². The summed E-state index contributed by atoms with van der Waals surface area (Å²) in [7, 11) is 0. The number of ether oxygens (including phenoxy) is 1. The van der Waals surface area contributed by atoms with Crippen LogP contribution in [-0.2, 0) is 9.53 Å². The van der Waals surface area contributed by atoms with E-state index in [0.29, 0.717) is 32.5 Å². The zero-order valence-corrected chi connectivity index (χ0v) is 12.0. The molecule has 2 rings (SSSR count). The molecule has 1 heterocycles. The number of carbonyl (C=O) groups is 2. The van der Waals surface area contributed by atoms with Gasteiger partial charge >= 0.3 is 5.97 Å². The summed E-state index contributed by atoms with van der Waals surface area (Å²) < 4.78 is 18.2. The van der Waals surface area contributed by atoms with Crippen LogP contribution in [0.1, 0.15) is 30.1 Å². The van der Waals surface area contributed by atoms with Crippen molar-refractivity contribution in [3.05, 3.63) is 29.6 Å². The molecule has 21 heavy (non-hydrogen) atoms. The molecular formula is C15H19FN2O3. The maximum Gasteiger partial charge on any atom is 0.309 e. The van der Waals surface area contributed by atoms with Crippen molar-refractivity contribution in [3.63, 3.8) is 0 Å². The Kier molecular flexibility index (Phi) is 4.77. The molecule has 1 fully saturated rings. The number of nitrogens with two attached hydrogens (primary N) is 1. The van der Waals surface area contributed by atoms with Crippen LogP contribution >= 0.6 is 0 Å². The Bertz CT molecular complexity index is 540. The van der Waals surface area contributed by atoms with Gasteiger partial charge in [0.2, 0.25) is 0 Å². The first-order valence-corrected chi connectivity index (χ1v) is 7.04. The highest BCUT2D eigenvalue weighted by atomic mass is 19.1. The highest BCUT2D eigenvalue weighted by Gasteiger charge is 2.29. The number of esters is 1. The van der Waals surface area contributed by atoms with Crippen molar-refractivity contribution in [1.82, 2.24) is 4.90 Å². The van der Waals surface area contributed by atoms with Crippen molar-refractivity contribution < 1.29 is 18.7 Å². The van der Waals surface area contributed by atoms with Crippen molar-refractivity contribution in [2.45, 2.75) is 19.8 Å². The summed E-state index contributed by atoms with van der Waals surface area (Å²) in [6.45, 7) is 3.01. The molecule has 1 aliphatic rings. The van der Waals surface area contributed by atoms with E-state index in [9.17, 15) is 14.0 Å². The Morgan fingerprint density at radius 2 is 2.05 bits per heavy atom. The number of piperidine rings is 1. The van der Waals surface area contributed by atoms with Gasteiger partial charge in [-0.25, -0.2) is 4.39 Å². The first kappa shape index (κ1) is 15.3. The molecule has 5 nitrogen and oxygen atoms in total. The van der Waals surface area contributed by atoms with Crippen LogP contribution in [0.25, 0.3) is 0 Å². The Morgan fingerprint density at radius 3 is 2.67 bits per heavy atom. The van der Waals surface area contributed by atoms with E-state index in [1.54, 1.807) is 11.8 Å². The molecule has 6 heteroatoms. The molecule has 1 aliphatic heterocycles. The molecule has 1 amide bonds. The number of nitrogens with zero attached hydrogens (tertiary/aromatic N) is 1. The molecule has 0 bridgehead atoms. The number of nitrogen functional groups attached to an aromatic ring is 1. The largest absolute Gasteiger partial charge is 0.466 e. The van der Waals surface area contributed by atoms with Crippen molar-refractivity contribution in [2.75, 3.05) is 25.4 Å². The molecule has 0 aromatic heterocycles. The van der Waals surface area contributed by atoms with Crippen molar-refractivity contribution in [1.29, 1.82) is 0 Å². The summed E-state index contributed by atoms with van der Waals surface area (Å²) in [6.07, 6.45) is 1.11. The summed E-state index contributed by atoms with van der Waals surface area (Å²) in [5.74, 6) is -1.17. The third kappa shape index (κ3) is 3.51. The number of amides is 1. The first-order chi connectivity index (χ1) is 10.0. The fourth-order valence-electron chi connectivity index (χ4n) is 2.46. The van der Waals surface area contributed by atoms with Crippen molar-refractivity contribution >= 4 is 17.6 Å². The number of halogens is 1. The van der Waals surface area contributed by atoms with E-state index in [1.807, 2.05) is 0 Å². The van der Waals surface area contributed by atoms with Gasteiger partial charge in [-0.2, -0.15) is 0 Å². The second-order valence-electron chi connectivity index (χ2n) is 5.05. The van der Waals surface area contributed by atoms with Gasteiger partial charge in [0.1, 0.15) is 5.82 Å². The Balaban J connectivity index is 2.00. The molecule has 2 N–H and O–H groups in total. The first-order valence-electron chi connectivity index (χ1n) is 7.04. The molecule has 114 valence electrons. The van der Waals surface area contributed by atoms with Crippen LogP contribution in [-0.4, -0.2) is 36.5 Å². The van der Waals surface area contributed by atoms with Crippen LogP contribution in [0.15, 0.2) is 18.2 Å². The Hall–Kier alpha value is -2.11. The normalized spacial score (nSPS) is 15.8. The smallest absolute Gasteiger partial charge is 0.309 e. The van der Waals surface area contributed by atoms with Gasteiger partial charge in [0.15, 0.2) is 0 Å². The molecule has 1 aromatic rings. The number of carbonyl (C=O) groups excluding carboxylic acids is 2. The minimum Gasteiger partial charge on any atom is -0.466 e. The van der Waals surface area contributed by atoms with Crippen molar-refractivity contribution in [2.24, 2.45) is 5.92 Å². The van der Waals surface area contributed by atoms with E-state index in [4.69, 9.17) is 10.5 Å². The highest BCUT2D eigenvalue weighted by Crippen LogP contribution is 2.22. The van der Waals surface area contributed by atoms with E-state index in [2.05, 4.69) is 0 Å². The topological polar surface area (TPSA) is 72.6 Å². The van der Waals surface area contributed by atoms with Crippen LogP contribution in [0.4, 0.5) is 10.1 Å². The van der Waals surface area contributed by atoms with E-state index in [-0.39, 0.29) is 29.0 Å². The van der Waals surface area contributed by atoms with Gasteiger partial charge < -0.3 is 15.4 Å². The highest BCUT2D eigenvalue weighted by molar-refractivity contribution is 5.99. The van der Waals surface area contributed by atoms with Crippen LogP contribution in [0, 0.1) is 11.7 Å². The van der Waals surface area contributed by atoms with Crippen LogP contribution in [0.3, 0.4) is 0 Å². The quantitative estimate of drug-likeness (QED) is 0.682. The van der Waals surface area contributed by atoms with Crippen LogP contribution < -0.4 is 5.73 Å². The maximum atomic E-state index is 13.2. The maximum absolute atomic E-state index is 13.2. The van der Waals surface area contributed by atoms with E-state index >= 15 is 0 Å². The zero-order valence-electron chi connectivity index (χ0n) is 12.0. The number of hydrogen-bond acceptors (Lipinski definition) is 4. The predicted molar refractivity (Wildman–Crippen MR) is 76.1 cm³/mol.